The Morgan fingerprint density at radius 2 is 1.64 bits per heavy atom. The second kappa shape index (κ2) is 10.2. The first-order chi connectivity index (χ1) is 17.5. The Hall–Kier alpha value is -4.20. The van der Waals surface area contributed by atoms with Gasteiger partial charge in [-0.15, -0.1) is 0 Å². The molecule has 2 aromatic heterocycles. The number of piperazine rings is 1. The molecule has 0 saturated carbocycles. The lowest BCUT2D eigenvalue weighted by atomic mass is 10.1. The zero-order valence-electron chi connectivity index (χ0n) is 20.6. The molecule has 0 radical (unpaired) electrons. The Balaban J connectivity index is 1.34. The second-order valence-electron chi connectivity index (χ2n) is 9.11. The van der Waals surface area contributed by atoms with Gasteiger partial charge in [-0.25, -0.2) is 14.8 Å². The van der Waals surface area contributed by atoms with E-state index >= 15 is 0 Å². The molecule has 4 aromatic rings. The molecule has 0 bridgehead atoms. The summed E-state index contributed by atoms with van der Waals surface area (Å²) in [4.78, 5) is 39.3. The third kappa shape index (κ3) is 4.93. The fourth-order valence-electron chi connectivity index (χ4n) is 4.44. The van der Waals surface area contributed by atoms with E-state index in [1.165, 1.54) is 11.1 Å². The average molecular weight is 483 g/mol. The van der Waals surface area contributed by atoms with Gasteiger partial charge in [0.1, 0.15) is 5.52 Å². The van der Waals surface area contributed by atoms with Gasteiger partial charge >= 0.3 is 6.03 Å². The minimum absolute atomic E-state index is 0.133. The summed E-state index contributed by atoms with van der Waals surface area (Å²) in [7, 11) is 0. The molecule has 1 saturated heterocycles. The minimum Gasteiger partial charge on any atom is -0.348 e. The van der Waals surface area contributed by atoms with Gasteiger partial charge in [-0.1, -0.05) is 48.9 Å². The zero-order valence-corrected chi connectivity index (χ0v) is 20.6. The number of aryl methyl sites for hydroxylation is 2. The number of fused-ring (bicyclic) bond motifs is 1. The van der Waals surface area contributed by atoms with Crippen LogP contribution >= 0.6 is 0 Å². The lowest BCUT2D eigenvalue weighted by Crippen LogP contribution is -2.51. The number of anilines is 2. The second-order valence-corrected chi connectivity index (χ2v) is 9.11. The number of rotatable bonds is 5. The largest absolute Gasteiger partial charge is 0.348 e. The average Bonchev–Trinajstić information content (AvgIpc) is 2.92. The number of hydrogen-bond donors (Lipinski definition) is 1. The van der Waals surface area contributed by atoms with E-state index in [4.69, 9.17) is 0 Å². The van der Waals surface area contributed by atoms with Crippen LogP contribution in [0.4, 0.5) is 16.3 Å². The number of aromatic nitrogens is 3. The molecule has 3 heterocycles. The molecule has 8 heteroatoms. The summed E-state index contributed by atoms with van der Waals surface area (Å²) in [5.74, 6) is 0.401. The van der Waals surface area contributed by atoms with Gasteiger partial charge < -0.3 is 15.1 Å². The number of carbonyl (C=O) groups is 1. The molecular formula is C28H30N6O2. The van der Waals surface area contributed by atoms with Crippen LogP contribution in [0.5, 0.6) is 0 Å². The monoisotopic (exact) mass is 482 g/mol. The van der Waals surface area contributed by atoms with E-state index in [9.17, 15) is 9.59 Å². The summed E-state index contributed by atoms with van der Waals surface area (Å²) < 4.78 is 1.70. The highest BCUT2D eigenvalue weighted by Crippen LogP contribution is 2.17. The van der Waals surface area contributed by atoms with Crippen molar-refractivity contribution in [1.29, 1.82) is 0 Å². The lowest BCUT2D eigenvalue weighted by molar-refractivity contribution is 0.208. The van der Waals surface area contributed by atoms with Crippen molar-refractivity contribution in [2.75, 3.05) is 36.4 Å². The van der Waals surface area contributed by atoms with Crippen molar-refractivity contribution in [2.45, 2.75) is 26.8 Å². The first-order valence-corrected chi connectivity index (χ1v) is 12.3. The van der Waals surface area contributed by atoms with Crippen LogP contribution in [0.1, 0.15) is 23.6 Å². The number of hydrogen-bond acceptors (Lipinski definition) is 5. The van der Waals surface area contributed by atoms with Crippen LogP contribution in [-0.2, 0) is 13.0 Å². The van der Waals surface area contributed by atoms with Crippen LogP contribution in [0.2, 0.25) is 0 Å². The molecule has 0 unspecified atom stereocenters. The first-order valence-electron chi connectivity index (χ1n) is 12.3. The molecule has 2 aromatic carbocycles. The number of nitrogens with one attached hydrogen (secondary N) is 1. The smallest absolute Gasteiger partial charge is 0.321 e. The van der Waals surface area contributed by atoms with Crippen LogP contribution in [0, 0.1) is 6.92 Å². The van der Waals surface area contributed by atoms with Crippen molar-refractivity contribution in [1.82, 2.24) is 19.4 Å². The van der Waals surface area contributed by atoms with Gasteiger partial charge in [0, 0.05) is 38.1 Å². The maximum absolute atomic E-state index is 13.6. The van der Waals surface area contributed by atoms with Gasteiger partial charge in [-0.3, -0.25) is 9.36 Å². The van der Waals surface area contributed by atoms with Gasteiger partial charge in [0.05, 0.1) is 6.54 Å². The Bertz CT molecular complexity index is 1420. The molecule has 0 spiro atoms. The van der Waals surface area contributed by atoms with Gasteiger partial charge in [-0.05, 0) is 48.7 Å². The van der Waals surface area contributed by atoms with E-state index in [-0.39, 0.29) is 11.6 Å². The zero-order chi connectivity index (χ0) is 25.1. The van der Waals surface area contributed by atoms with Gasteiger partial charge in [0.2, 0.25) is 0 Å². The van der Waals surface area contributed by atoms with Crippen molar-refractivity contribution in [2.24, 2.45) is 0 Å². The van der Waals surface area contributed by atoms with Gasteiger partial charge in [0.15, 0.2) is 11.5 Å². The van der Waals surface area contributed by atoms with E-state index in [1.54, 1.807) is 15.7 Å². The summed E-state index contributed by atoms with van der Waals surface area (Å²) in [6.07, 6.45) is 2.64. The highest BCUT2D eigenvalue weighted by atomic mass is 16.2. The molecule has 1 aliphatic heterocycles. The third-order valence-corrected chi connectivity index (χ3v) is 6.63. The number of nitrogens with zero attached hydrogens (tertiary/aromatic N) is 5. The summed E-state index contributed by atoms with van der Waals surface area (Å²) in [6, 6.07) is 19.6. The Morgan fingerprint density at radius 1 is 0.944 bits per heavy atom. The molecule has 184 valence electrons. The predicted molar refractivity (Wildman–Crippen MR) is 143 cm³/mol. The van der Waals surface area contributed by atoms with Crippen molar-refractivity contribution in [3.63, 3.8) is 0 Å². The summed E-state index contributed by atoms with van der Waals surface area (Å²) in [5.41, 5.74) is 5.28. The summed E-state index contributed by atoms with van der Waals surface area (Å²) in [5, 5.41) is 2.97. The molecule has 5 rings (SSSR count). The molecule has 1 N–H and O–H groups in total. The van der Waals surface area contributed by atoms with Crippen molar-refractivity contribution in [3.8, 4) is 0 Å². The molecule has 36 heavy (non-hydrogen) atoms. The number of urea groups is 1. The lowest BCUT2D eigenvalue weighted by Gasteiger charge is -2.35. The Morgan fingerprint density at radius 3 is 2.33 bits per heavy atom. The van der Waals surface area contributed by atoms with E-state index in [0.29, 0.717) is 49.7 Å². The summed E-state index contributed by atoms with van der Waals surface area (Å²) >= 11 is 0. The molecule has 1 fully saturated rings. The van der Waals surface area contributed by atoms with Crippen molar-refractivity contribution < 1.29 is 4.79 Å². The maximum atomic E-state index is 13.6. The molecule has 0 aliphatic carbocycles. The van der Waals surface area contributed by atoms with Crippen LogP contribution < -0.4 is 15.8 Å². The first kappa shape index (κ1) is 23.5. The van der Waals surface area contributed by atoms with Crippen LogP contribution in [-0.4, -0.2) is 51.6 Å². The topological polar surface area (TPSA) is 83.4 Å². The maximum Gasteiger partial charge on any atom is 0.321 e. The van der Waals surface area contributed by atoms with E-state index in [2.05, 4.69) is 22.2 Å². The quantitative estimate of drug-likeness (QED) is 0.464. The Labute approximate surface area is 210 Å². The fourth-order valence-corrected chi connectivity index (χ4v) is 4.44. The standard InChI is InChI=1S/C28H30N6O2/c1-3-21-10-12-23(13-11-21)30-28(36)33-17-15-32(16-18-33)26-27(35)34(19-22-8-6-20(2)7-9-22)25-24(31-26)5-4-14-29-25/h4-14H,3,15-19H2,1-2H3,(H,30,36). The molecule has 2 amide bonds. The number of carbonyl (C=O) groups excluding carboxylic acids is 1. The highest BCUT2D eigenvalue weighted by molar-refractivity contribution is 5.89. The fraction of sp³-hybridized carbons (Fsp3) is 0.286. The van der Waals surface area contributed by atoms with Crippen molar-refractivity contribution >= 4 is 28.7 Å². The third-order valence-electron chi connectivity index (χ3n) is 6.63. The SMILES string of the molecule is CCc1ccc(NC(=O)N2CCN(c3nc4cccnc4n(Cc4ccc(C)cc4)c3=O)CC2)cc1. The van der Waals surface area contributed by atoms with Gasteiger partial charge in [-0.2, -0.15) is 0 Å². The Kier molecular flexibility index (Phi) is 6.66. The predicted octanol–water partition coefficient (Wildman–Crippen LogP) is 4.06. The highest BCUT2D eigenvalue weighted by Gasteiger charge is 2.25. The normalized spacial score (nSPS) is 13.7. The number of pyridine rings is 1. The van der Waals surface area contributed by atoms with Crippen LogP contribution in [0.15, 0.2) is 71.7 Å². The number of benzene rings is 2. The molecule has 0 atom stereocenters. The van der Waals surface area contributed by atoms with Crippen molar-refractivity contribution in [3.05, 3.63) is 93.9 Å². The molecule has 1 aliphatic rings. The van der Waals surface area contributed by atoms with Gasteiger partial charge in [0.25, 0.3) is 5.56 Å². The molecule has 8 nitrogen and oxygen atoms in total. The van der Waals surface area contributed by atoms with E-state index in [1.807, 2.05) is 72.5 Å². The summed E-state index contributed by atoms with van der Waals surface area (Å²) in [6.45, 7) is 6.62. The minimum atomic E-state index is -0.171. The molecular weight excluding hydrogens is 452 g/mol. The van der Waals surface area contributed by atoms with E-state index < -0.39 is 0 Å². The number of amides is 2. The van der Waals surface area contributed by atoms with E-state index in [0.717, 1.165) is 17.7 Å². The van der Waals surface area contributed by atoms with Crippen LogP contribution in [0.25, 0.3) is 11.2 Å². The van der Waals surface area contributed by atoms with Crippen LogP contribution in [0.3, 0.4) is 0 Å².